The van der Waals surface area contributed by atoms with E-state index in [9.17, 15) is 0 Å². The maximum atomic E-state index is 5.82. The molecule has 2 aromatic rings. The van der Waals surface area contributed by atoms with Gasteiger partial charge in [0.05, 0.1) is 0 Å². The molecule has 0 atom stereocenters. The summed E-state index contributed by atoms with van der Waals surface area (Å²) in [5.41, 5.74) is 5.34. The van der Waals surface area contributed by atoms with Crippen LogP contribution >= 0.6 is 0 Å². The summed E-state index contributed by atoms with van der Waals surface area (Å²) < 4.78 is 5.82. The molecule has 1 aromatic carbocycles. The zero-order valence-corrected chi connectivity index (χ0v) is 11.5. The average molecular weight is 270 g/mol. The molecule has 0 bridgehead atoms. The number of nitrogen functional groups attached to an aromatic ring is 1. The quantitative estimate of drug-likeness (QED) is 0.662. The molecular weight excluding hydrogens is 252 g/mol. The van der Waals surface area contributed by atoms with E-state index in [0.29, 0.717) is 17.5 Å². The monoisotopic (exact) mass is 270 g/mol. The molecule has 0 unspecified atom stereocenters. The van der Waals surface area contributed by atoms with Crippen LogP contribution in [-0.4, -0.2) is 9.97 Å². The number of hydrazine groups is 1. The molecule has 0 aliphatic heterocycles. The largest absolute Gasteiger partial charge is 0.439 e. The highest BCUT2D eigenvalue weighted by Gasteiger charge is 2.11. The fraction of sp³-hybridized carbons (Fsp3) is 0.333. The third-order valence-electron chi connectivity index (χ3n) is 3.50. The van der Waals surface area contributed by atoms with Crippen LogP contribution in [0.1, 0.15) is 29.8 Å². The Bertz CT molecular complexity index is 627. The Hall–Kier alpha value is -2.14. The van der Waals surface area contributed by atoms with Crippen molar-refractivity contribution in [1.82, 2.24) is 9.97 Å². The maximum absolute atomic E-state index is 5.82. The van der Waals surface area contributed by atoms with Crippen molar-refractivity contribution in [3.05, 3.63) is 41.2 Å². The van der Waals surface area contributed by atoms with E-state index < -0.39 is 0 Å². The lowest BCUT2D eigenvalue weighted by atomic mass is 9.92. The second-order valence-corrected chi connectivity index (χ2v) is 5.02. The molecule has 3 rings (SSSR count). The normalized spacial score (nSPS) is 13.7. The fourth-order valence-corrected chi connectivity index (χ4v) is 2.56. The molecule has 3 N–H and O–H groups in total. The van der Waals surface area contributed by atoms with Gasteiger partial charge < -0.3 is 10.2 Å². The second-order valence-electron chi connectivity index (χ2n) is 5.02. The van der Waals surface area contributed by atoms with Crippen LogP contribution in [0.5, 0.6) is 11.6 Å². The zero-order chi connectivity index (χ0) is 13.9. The van der Waals surface area contributed by atoms with Crippen LogP contribution in [0, 0.1) is 6.92 Å². The van der Waals surface area contributed by atoms with Crippen LogP contribution in [0.25, 0.3) is 0 Å². The number of fused-ring (bicyclic) bond motifs is 1. The van der Waals surface area contributed by atoms with Gasteiger partial charge in [-0.3, -0.25) is 0 Å². The van der Waals surface area contributed by atoms with Gasteiger partial charge in [0.25, 0.3) is 0 Å². The Morgan fingerprint density at radius 2 is 1.90 bits per heavy atom. The molecule has 5 nitrogen and oxygen atoms in total. The smallest absolute Gasteiger partial charge is 0.224 e. The van der Waals surface area contributed by atoms with Crippen LogP contribution < -0.4 is 16.0 Å². The number of nitrogens with zero attached hydrogens (tertiary/aromatic N) is 2. The Labute approximate surface area is 118 Å². The van der Waals surface area contributed by atoms with E-state index in [0.717, 1.165) is 12.2 Å². The lowest BCUT2D eigenvalue weighted by molar-refractivity contribution is 0.458. The van der Waals surface area contributed by atoms with Gasteiger partial charge in [0.1, 0.15) is 17.4 Å². The lowest BCUT2D eigenvalue weighted by Gasteiger charge is -2.16. The van der Waals surface area contributed by atoms with E-state index in [1.807, 2.05) is 6.07 Å². The summed E-state index contributed by atoms with van der Waals surface area (Å²) in [6.07, 6.45) is 4.84. The predicted molar refractivity (Wildman–Crippen MR) is 77.7 cm³/mol. The Morgan fingerprint density at radius 3 is 2.70 bits per heavy atom. The second kappa shape index (κ2) is 5.46. The van der Waals surface area contributed by atoms with Gasteiger partial charge in [-0.1, -0.05) is 6.07 Å². The van der Waals surface area contributed by atoms with Gasteiger partial charge in [-0.25, -0.2) is 10.8 Å². The third-order valence-corrected chi connectivity index (χ3v) is 3.50. The molecule has 0 fully saturated rings. The molecule has 20 heavy (non-hydrogen) atoms. The summed E-state index contributed by atoms with van der Waals surface area (Å²) in [7, 11) is 0. The molecule has 1 aliphatic rings. The van der Waals surface area contributed by atoms with Gasteiger partial charge >= 0.3 is 0 Å². The first kappa shape index (κ1) is 12.9. The first-order valence-corrected chi connectivity index (χ1v) is 6.86. The number of rotatable bonds is 3. The van der Waals surface area contributed by atoms with E-state index >= 15 is 0 Å². The standard InChI is InChI=1S/C15H18N4O/c1-10-17-14(19-16)9-15(18-10)20-13-7-6-11-4-2-3-5-12(11)8-13/h6-9H,2-5,16H2,1H3,(H,17,18,19). The summed E-state index contributed by atoms with van der Waals surface area (Å²) in [6.45, 7) is 1.81. The number of nitrogens with one attached hydrogen (secondary N) is 1. The molecule has 1 aromatic heterocycles. The highest BCUT2D eigenvalue weighted by molar-refractivity contribution is 5.41. The number of ether oxygens (including phenoxy) is 1. The third kappa shape index (κ3) is 2.72. The van der Waals surface area contributed by atoms with Gasteiger partial charge in [-0.2, -0.15) is 4.98 Å². The van der Waals surface area contributed by atoms with E-state index in [-0.39, 0.29) is 0 Å². The number of aromatic nitrogens is 2. The summed E-state index contributed by atoms with van der Waals surface area (Å²) in [5.74, 6) is 7.85. The van der Waals surface area contributed by atoms with E-state index in [1.165, 1.54) is 30.4 Å². The number of hydrogen-bond acceptors (Lipinski definition) is 5. The first-order valence-electron chi connectivity index (χ1n) is 6.86. The molecule has 0 radical (unpaired) electrons. The van der Waals surface area contributed by atoms with E-state index in [2.05, 4.69) is 27.5 Å². The number of hydrogen-bond donors (Lipinski definition) is 2. The molecule has 1 heterocycles. The van der Waals surface area contributed by atoms with Crippen molar-refractivity contribution < 1.29 is 4.74 Å². The summed E-state index contributed by atoms with van der Waals surface area (Å²) >= 11 is 0. The van der Waals surface area contributed by atoms with Crippen LogP contribution in [0.15, 0.2) is 24.3 Å². The van der Waals surface area contributed by atoms with Crippen LogP contribution in [0.3, 0.4) is 0 Å². The number of anilines is 1. The van der Waals surface area contributed by atoms with Crippen LogP contribution in [0.2, 0.25) is 0 Å². The van der Waals surface area contributed by atoms with Crippen molar-refractivity contribution in [2.45, 2.75) is 32.6 Å². The predicted octanol–water partition coefficient (Wildman–Crippen LogP) is 2.74. The topological polar surface area (TPSA) is 73.1 Å². The first-order chi connectivity index (χ1) is 9.74. The maximum Gasteiger partial charge on any atom is 0.224 e. The molecule has 0 spiro atoms. The Kier molecular flexibility index (Phi) is 3.52. The average Bonchev–Trinajstić information content (AvgIpc) is 2.46. The molecule has 0 saturated carbocycles. The fourth-order valence-electron chi connectivity index (χ4n) is 2.56. The molecule has 1 aliphatic carbocycles. The summed E-state index contributed by atoms with van der Waals surface area (Å²) in [4.78, 5) is 8.40. The van der Waals surface area contributed by atoms with Gasteiger partial charge in [0.15, 0.2) is 0 Å². The van der Waals surface area contributed by atoms with Gasteiger partial charge in [0.2, 0.25) is 5.88 Å². The van der Waals surface area contributed by atoms with Gasteiger partial charge in [0, 0.05) is 6.07 Å². The Morgan fingerprint density at radius 1 is 1.10 bits per heavy atom. The van der Waals surface area contributed by atoms with Crippen molar-refractivity contribution in [2.75, 3.05) is 5.43 Å². The number of nitrogens with two attached hydrogens (primary N) is 1. The summed E-state index contributed by atoms with van der Waals surface area (Å²) in [6, 6.07) is 7.95. The minimum absolute atomic E-state index is 0.501. The molecular formula is C15H18N4O. The van der Waals surface area contributed by atoms with Crippen molar-refractivity contribution in [1.29, 1.82) is 0 Å². The minimum Gasteiger partial charge on any atom is -0.439 e. The minimum atomic E-state index is 0.501. The highest BCUT2D eigenvalue weighted by atomic mass is 16.5. The van der Waals surface area contributed by atoms with Crippen LogP contribution in [0.4, 0.5) is 5.82 Å². The highest BCUT2D eigenvalue weighted by Crippen LogP contribution is 2.28. The van der Waals surface area contributed by atoms with Gasteiger partial charge in [-0.05, 0) is 55.9 Å². The van der Waals surface area contributed by atoms with Crippen molar-refractivity contribution in [3.63, 3.8) is 0 Å². The van der Waals surface area contributed by atoms with Gasteiger partial charge in [-0.15, -0.1) is 0 Å². The summed E-state index contributed by atoms with van der Waals surface area (Å²) in [5, 5.41) is 0. The molecule has 0 amide bonds. The molecule has 0 saturated heterocycles. The van der Waals surface area contributed by atoms with Crippen LogP contribution in [-0.2, 0) is 12.8 Å². The van der Waals surface area contributed by atoms with E-state index in [4.69, 9.17) is 10.6 Å². The zero-order valence-electron chi connectivity index (χ0n) is 11.5. The molecule has 104 valence electrons. The van der Waals surface area contributed by atoms with Crippen molar-refractivity contribution in [3.8, 4) is 11.6 Å². The SMILES string of the molecule is Cc1nc(NN)cc(Oc2ccc3c(c2)CCCC3)n1. The van der Waals surface area contributed by atoms with Crippen molar-refractivity contribution >= 4 is 5.82 Å². The van der Waals surface area contributed by atoms with E-state index in [1.54, 1.807) is 13.0 Å². The Balaban J connectivity index is 1.85. The lowest BCUT2D eigenvalue weighted by Crippen LogP contribution is -2.10. The number of benzene rings is 1. The molecule has 5 heteroatoms. The number of aryl methyl sites for hydroxylation is 3. The van der Waals surface area contributed by atoms with Crippen molar-refractivity contribution in [2.24, 2.45) is 5.84 Å².